The minimum atomic E-state index is -0.942. The minimum Gasteiger partial charge on any atom is -0.465 e. The highest BCUT2D eigenvalue weighted by Crippen LogP contribution is 2.30. The summed E-state index contributed by atoms with van der Waals surface area (Å²) in [6.07, 6.45) is 2.03. The van der Waals surface area contributed by atoms with E-state index in [0.717, 1.165) is 0 Å². The molecule has 0 aliphatic carbocycles. The van der Waals surface area contributed by atoms with Crippen molar-refractivity contribution in [2.75, 3.05) is 31.6 Å². The standard InChI is InChI=1S/C23H21Cl2N5O5/c1-13-12-29(3-4-30(13)23(32)33)22-26-10-18(11-27-22)35-20-8-15(21(31)34-2)7-19(28-20)14-5-16(24)9-17(25)6-14/h5-11,13H,3-4,12H2,1-2H3,(H,32,33). The number of carbonyl (C=O) groups is 2. The lowest BCUT2D eigenvalue weighted by molar-refractivity contribution is 0.0600. The zero-order valence-corrected chi connectivity index (χ0v) is 20.3. The zero-order chi connectivity index (χ0) is 25.1. The topological polar surface area (TPSA) is 118 Å². The summed E-state index contributed by atoms with van der Waals surface area (Å²) in [5.41, 5.74) is 1.24. The number of hydrogen-bond donors (Lipinski definition) is 1. The molecule has 0 spiro atoms. The van der Waals surface area contributed by atoms with Crippen LogP contribution in [0.3, 0.4) is 0 Å². The molecule has 1 aromatic carbocycles. The van der Waals surface area contributed by atoms with Crippen LogP contribution in [0, 0.1) is 0 Å². The molecule has 0 saturated carbocycles. The van der Waals surface area contributed by atoms with Crippen LogP contribution in [0.15, 0.2) is 42.7 Å². The molecule has 35 heavy (non-hydrogen) atoms. The van der Waals surface area contributed by atoms with Gasteiger partial charge in [-0.2, -0.15) is 0 Å². The third kappa shape index (κ3) is 5.72. The smallest absolute Gasteiger partial charge is 0.407 e. The number of aromatic nitrogens is 3. The number of benzene rings is 1. The molecule has 1 amide bonds. The van der Waals surface area contributed by atoms with E-state index < -0.39 is 12.1 Å². The van der Waals surface area contributed by atoms with Crippen molar-refractivity contribution >= 4 is 41.2 Å². The SMILES string of the molecule is COC(=O)c1cc(Oc2cnc(N3CCN(C(=O)O)C(C)C3)nc2)nc(-c2cc(Cl)cc(Cl)c2)c1. The molecule has 0 radical (unpaired) electrons. The Kier molecular flexibility index (Phi) is 7.23. The molecular formula is C23H21Cl2N5O5. The van der Waals surface area contributed by atoms with Gasteiger partial charge >= 0.3 is 12.1 Å². The van der Waals surface area contributed by atoms with Crippen LogP contribution in [-0.4, -0.2) is 69.8 Å². The first-order valence-corrected chi connectivity index (χ1v) is 11.3. The van der Waals surface area contributed by atoms with Crippen molar-refractivity contribution < 1.29 is 24.2 Å². The van der Waals surface area contributed by atoms with E-state index in [0.29, 0.717) is 52.6 Å². The maximum absolute atomic E-state index is 12.2. The minimum absolute atomic E-state index is 0.124. The first-order chi connectivity index (χ1) is 16.7. The molecule has 4 rings (SSSR count). The molecule has 3 aromatic rings. The van der Waals surface area contributed by atoms with Crippen molar-refractivity contribution in [1.29, 1.82) is 0 Å². The van der Waals surface area contributed by atoms with Crippen molar-refractivity contribution in [2.45, 2.75) is 13.0 Å². The van der Waals surface area contributed by atoms with Crippen molar-refractivity contribution in [3.8, 4) is 22.9 Å². The molecule has 1 fully saturated rings. The molecule has 1 N–H and O–H groups in total. The predicted molar refractivity (Wildman–Crippen MR) is 130 cm³/mol. The summed E-state index contributed by atoms with van der Waals surface area (Å²) in [4.78, 5) is 40.0. The Hall–Kier alpha value is -3.63. The van der Waals surface area contributed by atoms with Crippen LogP contribution in [0.5, 0.6) is 11.6 Å². The molecular weight excluding hydrogens is 497 g/mol. The average molecular weight is 518 g/mol. The van der Waals surface area contributed by atoms with Gasteiger partial charge in [0.1, 0.15) is 0 Å². The van der Waals surface area contributed by atoms with Gasteiger partial charge in [0.25, 0.3) is 0 Å². The second-order valence-electron chi connectivity index (χ2n) is 7.82. The molecule has 1 saturated heterocycles. The van der Waals surface area contributed by atoms with Crippen molar-refractivity contribution in [1.82, 2.24) is 19.9 Å². The van der Waals surface area contributed by atoms with Gasteiger partial charge in [-0.3, -0.25) is 0 Å². The Morgan fingerprint density at radius 3 is 2.34 bits per heavy atom. The van der Waals surface area contributed by atoms with E-state index in [-0.39, 0.29) is 17.5 Å². The van der Waals surface area contributed by atoms with E-state index in [9.17, 15) is 14.7 Å². The molecule has 2 aromatic heterocycles. The van der Waals surface area contributed by atoms with Crippen LogP contribution in [0.2, 0.25) is 10.0 Å². The van der Waals surface area contributed by atoms with Crippen LogP contribution in [0.4, 0.5) is 10.7 Å². The highest BCUT2D eigenvalue weighted by atomic mass is 35.5. The average Bonchev–Trinajstić information content (AvgIpc) is 2.83. The fourth-order valence-electron chi connectivity index (χ4n) is 3.71. The van der Waals surface area contributed by atoms with Crippen molar-refractivity contribution in [3.05, 3.63) is 58.3 Å². The number of pyridine rings is 1. The number of anilines is 1. The molecule has 1 unspecified atom stereocenters. The van der Waals surface area contributed by atoms with Crippen LogP contribution in [-0.2, 0) is 4.74 Å². The summed E-state index contributed by atoms with van der Waals surface area (Å²) in [6, 6.07) is 7.74. The van der Waals surface area contributed by atoms with E-state index in [4.69, 9.17) is 32.7 Å². The number of piperazine rings is 1. The molecule has 182 valence electrons. The second-order valence-corrected chi connectivity index (χ2v) is 8.69. The third-order valence-electron chi connectivity index (χ3n) is 5.37. The largest absolute Gasteiger partial charge is 0.465 e. The van der Waals surface area contributed by atoms with Gasteiger partial charge < -0.3 is 24.4 Å². The van der Waals surface area contributed by atoms with E-state index in [2.05, 4.69) is 15.0 Å². The lowest BCUT2D eigenvalue weighted by Crippen LogP contribution is -2.54. The van der Waals surface area contributed by atoms with Crippen molar-refractivity contribution in [2.24, 2.45) is 0 Å². The highest BCUT2D eigenvalue weighted by Gasteiger charge is 2.28. The van der Waals surface area contributed by atoms with Gasteiger partial charge in [0.15, 0.2) is 5.75 Å². The van der Waals surface area contributed by atoms with Gasteiger partial charge in [-0.05, 0) is 31.2 Å². The number of amides is 1. The maximum atomic E-state index is 12.2. The summed E-state index contributed by atoms with van der Waals surface area (Å²) in [5, 5.41) is 10.1. The maximum Gasteiger partial charge on any atom is 0.407 e. The van der Waals surface area contributed by atoms with E-state index in [1.54, 1.807) is 24.3 Å². The molecule has 0 bridgehead atoms. The number of ether oxygens (including phenoxy) is 2. The van der Waals surface area contributed by atoms with Crippen LogP contribution >= 0.6 is 23.2 Å². The van der Waals surface area contributed by atoms with Gasteiger partial charge in [0.05, 0.1) is 30.8 Å². The Bertz CT molecular complexity index is 1240. The van der Waals surface area contributed by atoms with Gasteiger partial charge in [-0.1, -0.05) is 23.2 Å². The quantitative estimate of drug-likeness (QED) is 0.483. The number of methoxy groups -OCH3 is 1. The van der Waals surface area contributed by atoms with Crippen LogP contribution < -0.4 is 9.64 Å². The first kappa shape index (κ1) is 24.5. The Labute approximate surface area is 211 Å². The Balaban J connectivity index is 1.56. The summed E-state index contributed by atoms with van der Waals surface area (Å²) in [6.45, 7) is 3.15. The van der Waals surface area contributed by atoms with Gasteiger partial charge in [-0.15, -0.1) is 0 Å². The Morgan fingerprint density at radius 2 is 1.74 bits per heavy atom. The summed E-state index contributed by atoms with van der Waals surface area (Å²) in [5.74, 6) is 0.321. The molecule has 1 aliphatic rings. The summed E-state index contributed by atoms with van der Waals surface area (Å²) in [7, 11) is 1.28. The lowest BCUT2D eigenvalue weighted by Gasteiger charge is -2.38. The number of hydrogen-bond acceptors (Lipinski definition) is 8. The number of rotatable bonds is 5. The molecule has 1 atom stereocenters. The van der Waals surface area contributed by atoms with E-state index in [1.165, 1.54) is 30.5 Å². The van der Waals surface area contributed by atoms with Gasteiger partial charge in [-0.25, -0.2) is 24.5 Å². The van der Waals surface area contributed by atoms with Crippen LogP contribution in [0.25, 0.3) is 11.3 Å². The molecule has 1 aliphatic heterocycles. The summed E-state index contributed by atoms with van der Waals surface area (Å²) < 4.78 is 10.7. The molecule has 3 heterocycles. The highest BCUT2D eigenvalue weighted by molar-refractivity contribution is 6.35. The fraction of sp³-hybridized carbons (Fsp3) is 0.261. The molecule has 12 heteroatoms. The van der Waals surface area contributed by atoms with Gasteiger partial charge in [0.2, 0.25) is 11.8 Å². The second kappa shape index (κ2) is 10.3. The fourth-order valence-corrected chi connectivity index (χ4v) is 4.24. The summed E-state index contributed by atoms with van der Waals surface area (Å²) >= 11 is 12.2. The monoisotopic (exact) mass is 517 g/mol. The number of carboxylic acid groups (broad SMARTS) is 1. The third-order valence-corrected chi connectivity index (χ3v) is 5.81. The normalized spacial score (nSPS) is 15.6. The van der Waals surface area contributed by atoms with Crippen molar-refractivity contribution in [3.63, 3.8) is 0 Å². The van der Waals surface area contributed by atoms with Gasteiger partial charge in [0, 0.05) is 47.4 Å². The lowest BCUT2D eigenvalue weighted by atomic mass is 10.1. The molecule has 10 nitrogen and oxygen atoms in total. The number of nitrogens with zero attached hydrogens (tertiary/aromatic N) is 5. The zero-order valence-electron chi connectivity index (χ0n) is 18.8. The first-order valence-electron chi connectivity index (χ1n) is 10.5. The number of halogens is 2. The number of esters is 1. The predicted octanol–water partition coefficient (Wildman–Crippen LogP) is 4.61. The number of carbonyl (C=O) groups excluding carboxylic acids is 1. The van der Waals surface area contributed by atoms with E-state index in [1.807, 2.05) is 11.8 Å². The Morgan fingerprint density at radius 1 is 1.06 bits per heavy atom. The van der Waals surface area contributed by atoms with E-state index >= 15 is 0 Å². The van der Waals surface area contributed by atoms with Crippen LogP contribution in [0.1, 0.15) is 17.3 Å².